The molecule has 0 bridgehead atoms. The molecule has 13 rings (SSSR count). The molecule has 0 saturated heterocycles. The van der Waals surface area contributed by atoms with Gasteiger partial charge in [0.1, 0.15) is 5.58 Å². The van der Waals surface area contributed by atoms with Crippen LogP contribution < -0.4 is 4.90 Å². The van der Waals surface area contributed by atoms with Crippen molar-refractivity contribution in [2.75, 3.05) is 4.90 Å². The molecule has 0 fully saturated rings. The van der Waals surface area contributed by atoms with Crippen molar-refractivity contribution >= 4 is 28.0 Å². The molecule has 312 valence electrons. The summed E-state index contributed by atoms with van der Waals surface area (Å²) in [5.74, 6) is 0. The Balaban J connectivity index is 1.11. The maximum absolute atomic E-state index is 5.72. The van der Waals surface area contributed by atoms with E-state index in [9.17, 15) is 0 Å². The first-order chi connectivity index (χ1) is 32.7. The summed E-state index contributed by atoms with van der Waals surface area (Å²) in [6.45, 7) is 0. The van der Waals surface area contributed by atoms with Crippen LogP contribution >= 0.6 is 0 Å². The van der Waals surface area contributed by atoms with E-state index < -0.39 is 10.8 Å². The summed E-state index contributed by atoms with van der Waals surface area (Å²) in [6.07, 6.45) is 10.7. The van der Waals surface area contributed by atoms with Crippen molar-refractivity contribution in [3.05, 3.63) is 293 Å². The average Bonchev–Trinajstić information content (AvgIpc) is 4.08. The second-order valence-corrected chi connectivity index (χ2v) is 17.8. The van der Waals surface area contributed by atoms with Gasteiger partial charge in [0.25, 0.3) is 0 Å². The number of benzene rings is 9. The molecule has 0 N–H and O–H groups in total. The van der Waals surface area contributed by atoms with Crippen molar-refractivity contribution in [3.8, 4) is 33.4 Å². The predicted molar refractivity (Wildman–Crippen MR) is 272 cm³/mol. The zero-order chi connectivity index (χ0) is 43.7. The van der Waals surface area contributed by atoms with Gasteiger partial charge in [-0.05, 0) is 128 Å². The Morgan fingerprint density at radius 3 is 1.68 bits per heavy atom. The van der Waals surface area contributed by atoms with Gasteiger partial charge in [0.15, 0.2) is 0 Å². The summed E-state index contributed by atoms with van der Waals surface area (Å²) in [7, 11) is 0. The van der Waals surface area contributed by atoms with E-state index in [1.165, 1.54) is 66.8 Å². The standard InChI is InChI=1S/C64H45NO/c1-5-18-47(19-6-1)63(48-20-7-2-8-21-48)57-29-15-13-26-53(57)55-38-37-52(43-59(55)63)65(51-35-32-44(33-36-51)45-34-39-61-46(42-45)40-41-66-61)60-31-17-28-56-54-27-14-16-30-58(54)64(62(56)60,49-22-9-3-10-23-49)50-24-11-4-12-25-50/h1-11,13-24,26-43H,12,25H2. The Kier molecular flexibility index (Phi) is 8.83. The highest BCUT2D eigenvalue weighted by molar-refractivity contribution is 5.96. The van der Waals surface area contributed by atoms with Crippen molar-refractivity contribution in [2.24, 2.45) is 0 Å². The summed E-state index contributed by atoms with van der Waals surface area (Å²) in [4.78, 5) is 2.55. The first-order valence-corrected chi connectivity index (χ1v) is 23.1. The number of nitrogens with zero attached hydrogens (tertiary/aromatic N) is 1. The zero-order valence-electron chi connectivity index (χ0n) is 36.4. The predicted octanol–water partition coefficient (Wildman–Crippen LogP) is 16.5. The third-order valence-corrected chi connectivity index (χ3v) is 14.6. The van der Waals surface area contributed by atoms with Crippen molar-refractivity contribution in [2.45, 2.75) is 23.7 Å². The van der Waals surface area contributed by atoms with Crippen molar-refractivity contribution in [3.63, 3.8) is 0 Å². The second kappa shape index (κ2) is 15.2. The Morgan fingerprint density at radius 2 is 1.00 bits per heavy atom. The van der Waals surface area contributed by atoms with Crippen molar-refractivity contribution in [1.29, 1.82) is 0 Å². The first-order valence-electron chi connectivity index (χ1n) is 23.1. The Bertz CT molecular complexity index is 3480. The minimum Gasteiger partial charge on any atom is -0.464 e. The molecule has 2 heteroatoms. The highest BCUT2D eigenvalue weighted by atomic mass is 16.3. The van der Waals surface area contributed by atoms with Crippen LogP contribution in [0.5, 0.6) is 0 Å². The van der Waals surface area contributed by atoms with Crippen LogP contribution in [-0.2, 0) is 10.8 Å². The van der Waals surface area contributed by atoms with E-state index in [1.807, 2.05) is 6.07 Å². The third-order valence-electron chi connectivity index (χ3n) is 14.6. The molecular weight excluding hydrogens is 799 g/mol. The van der Waals surface area contributed by atoms with Crippen LogP contribution in [0, 0.1) is 0 Å². The summed E-state index contributed by atoms with van der Waals surface area (Å²) in [5, 5.41) is 1.10. The summed E-state index contributed by atoms with van der Waals surface area (Å²) in [6, 6.07) is 83.6. The van der Waals surface area contributed by atoms with Gasteiger partial charge in [-0.3, -0.25) is 0 Å². The monoisotopic (exact) mass is 843 g/mol. The molecular formula is C64H45NO. The van der Waals surface area contributed by atoms with Crippen LogP contribution in [0.25, 0.3) is 44.3 Å². The van der Waals surface area contributed by atoms with Gasteiger partial charge in [0.2, 0.25) is 0 Å². The fourth-order valence-corrected chi connectivity index (χ4v) is 11.9. The molecule has 3 aliphatic carbocycles. The molecule has 1 unspecified atom stereocenters. The topological polar surface area (TPSA) is 16.4 Å². The fraction of sp³-hybridized carbons (Fsp3) is 0.0625. The van der Waals surface area contributed by atoms with E-state index in [4.69, 9.17) is 4.42 Å². The quantitative estimate of drug-likeness (QED) is 0.152. The van der Waals surface area contributed by atoms with Gasteiger partial charge in [0, 0.05) is 22.3 Å². The molecule has 0 aliphatic heterocycles. The number of anilines is 3. The molecule has 1 aromatic heterocycles. The molecule has 1 atom stereocenters. The molecule has 66 heavy (non-hydrogen) atoms. The minimum atomic E-state index is -0.548. The van der Waals surface area contributed by atoms with Gasteiger partial charge in [-0.25, -0.2) is 0 Å². The van der Waals surface area contributed by atoms with Gasteiger partial charge >= 0.3 is 0 Å². The zero-order valence-corrected chi connectivity index (χ0v) is 36.4. The third kappa shape index (κ3) is 5.55. The lowest BCUT2D eigenvalue weighted by Gasteiger charge is -2.40. The van der Waals surface area contributed by atoms with E-state index in [0.29, 0.717) is 0 Å². The average molecular weight is 844 g/mol. The van der Waals surface area contributed by atoms with Gasteiger partial charge in [0.05, 0.1) is 22.8 Å². The first kappa shape index (κ1) is 38.3. The molecule has 10 aromatic rings. The molecule has 0 radical (unpaired) electrons. The van der Waals surface area contributed by atoms with E-state index in [1.54, 1.807) is 6.26 Å². The fourth-order valence-electron chi connectivity index (χ4n) is 11.9. The van der Waals surface area contributed by atoms with Gasteiger partial charge < -0.3 is 9.32 Å². The number of hydrogen-bond donors (Lipinski definition) is 0. The number of hydrogen-bond acceptors (Lipinski definition) is 2. The van der Waals surface area contributed by atoms with Crippen LogP contribution in [-0.4, -0.2) is 0 Å². The highest BCUT2D eigenvalue weighted by Crippen LogP contribution is 2.62. The largest absolute Gasteiger partial charge is 0.464 e. The summed E-state index contributed by atoms with van der Waals surface area (Å²) in [5.41, 5.74) is 21.0. The number of fused-ring (bicyclic) bond motifs is 7. The maximum Gasteiger partial charge on any atom is 0.133 e. The van der Waals surface area contributed by atoms with E-state index in [0.717, 1.165) is 52.0 Å². The van der Waals surface area contributed by atoms with Crippen LogP contribution in [0.15, 0.2) is 259 Å². The Morgan fingerprint density at radius 1 is 0.424 bits per heavy atom. The van der Waals surface area contributed by atoms with Crippen LogP contribution in [0.2, 0.25) is 0 Å². The van der Waals surface area contributed by atoms with Crippen LogP contribution in [0.1, 0.15) is 51.8 Å². The Labute approximate surface area is 386 Å². The van der Waals surface area contributed by atoms with Crippen molar-refractivity contribution in [1.82, 2.24) is 0 Å². The lowest BCUT2D eigenvalue weighted by atomic mass is 9.65. The minimum absolute atomic E-state index is 0.530. The van der Waals surface area contributed by atoms with E-state index in [-0.39, 0.29) is 0 Å². The molecule has 0 saturated carbocycles. The molecule has 3 aliphatic rings. The molecule has 0 spiro atoms. The smallest absolute Gasteiger partial charge is 0.133 e. The lowest BCUT2D eigenvalue weighted by Crippen LogP contribution is -2.32. The SMILES string of the molecule is C1=CCCC(C2(c3ccccc3)c3ccccc3-c3cccc(N(c4ccc(-c5ccc6occc6c5)cc4)c4ccc5c(c4)C(c4ccccc4)(c4ccccc4)c4ccccc4-5)c32)=C1. The van der Waals surface area contributed by atoms with E-state index in [2.05, 4.69) is 242 Å². The molecule has 1 heterocycles. The molecule has 9 aromatic carbocycles. The number of furan rings is 1. The normalized spacial score (nSPS) is 16.3. The number of allylic oxidation sites excluding steroid dienone is 4. The van der Waals surface area contributed by atoms with E-state index >= 15 is 0 Å². The highest BCUT2D eigenvalue weighted by Gasteiger charge is 2.50. The van der Waals surface area contributed by atoms with Crippen LogP contribution in [0.4, 0.5) is 17.1 Å². The van der Waals surface area contributed by atoms with Gasteiger partial charge in [-0.1, -0.05) is 200 Å². The molecule has 2 nitrogen and oxygen atoms in total. The van der Waals surface area contributed by atoms with Crippen molar-refractivity contribution < 1.29 is 4.42 Å². The molecule has 0 amide bonds. The summed E-state index contributed by atoms with van der Waals surface area (Å²) >= 11 is 0. The number of rotatable bonds is 8. The van der Waals surface area contributed by atoms with Gasteiger partial charge in [-0.15, -0.1) is 0 Å². The lowest BCUT2D eigenvalue weighted by molar-refractivity contribution is 0.616. The summed E-state index contributed by atoms with van der Waals surface area (Å²) < 4.78 is 5.72. The van der Waals surface area contributed by atoms with Gasteiger partial charge in [-0.2, -0.15) is 0 Å². The maximum atomic E-state index is 5.72. The van der Waals surface area contributed by atoms with Crippen LogP contribution in [0.3, 0.4) is 0 Å². The second-order valence-electron chi connectivity index (χ2n) is 17.8. The Hall–Kier alpha value is -8.20.